The maximum atomic E-state index is 12.9. The normalized spacial score (nSPS) is 11.1. The zero-order valence-corrected chi connectivity index (χ0v) is 15.9. The zero-order valence-electron chi connectivity index (χ0n) is 15.2. The topological polar surface area (TPSA) is 85.2 Å². The fourth-order valence-electron chi connectivity index (χ4n) is 2.43. The predicted octanol–water partition coefficient (Wildman–Crippen LogP) is 3.74. The first kappa shape index (κ1) is 22.2. The number of benzene rings is 2. The molecule has 2 aromatic rings. The summed E-state index contributed by atoms with van der Waals surface area (Å²) in [5, 5.41) is 13.3. The number of alkyl halides is 3. The van der Waals surface area contributed by atoms with E-state index in [1.807, 2.05) is 6.07 Å². The van der Waals surface area contributed by atoms with Crippen molar-refractivity contribution >= 4 is 34.8 Å². The van der Waals surface area contributed by atoms with E-state index in [2.05, 4.69) is 10.6 Å². The standard InChI is InChI=1S/C19H16ClF3N4O2/c1-27(10-17(28)25-13-4-2-3-12(7-13)9-24)11-18(29)26-14-5-6-16(20)15(8-14)19(21,22)23/h2-8H,10-11H2,1H3,(H,25,28)(H,26,29). The minimum absolute atomic E-state index is 0.0575. The highest BCUT2D eigenvalue weighted by atomic mass is 35.5. The molecule has 0 aromatic heterocycles. The Bertz CT molecular complexity index is 957. The summed E-state index contributed by atoms with van der Waals surface area (Å²) in [5.74, 6) is -1.01. The van der Waals surface area contributed by atoms with Gasteiger partial charge in [-0.25, -0.2) is 0 Å². The minimum Gasteiger partial charge on any atom is -0.325 e. The van der Waals surface area contributed by atoms with E-state index in [-0.39, 0.29) is 18.8 Å². The summed E-state index contributed by atoms with van der Waals surface area (Å²) in [4.78, 5) is 25.5. The van der Waals surface area contributed by atoms with Gasteiger partial charge in [0.1, 0.15) is 0 Å². The van der Waals surface area contributed by atoms with Crippen molar-refractivity contribution in [3.8, 4) is 6.07 Å². The van der Waals surface area contributed by atoms with Crippen LogP contribution in [0.4, 0.5) is 24.5 Å². The maximum Gasteiger partial charge on any atom is 0.417 e. The average Bonchev–Trinajstić information content (AvgIpc) is 2.62. The highest BCUT2D eigenvalue weighted by Crippen LogP contribution is 2.36. The zero-order chi connectivity index (χ0) is 21.6. The van der Waals surface area contributed by atoms with Crippen molar-refractivity contribution in [1.29, 1.82) is 5.26 Å². The van der Waals surface area contributed by atoms with E-state index in [1.54, 1.807) is 18.2 Å². The lowest BCUT2D eigenvalue weighted by molar-refractivity contribution is -0.137. The van der Waals surface area contributed by atoms with Crippen molar-refractivity contribution in [1.82, 2.24) is 4.90 Å². The fraction of sp³-hybridized carbons (Fsp3) is 0.211. The van der Waals surface area contributed by atoms with Gasteiger partial charge in [-0.1, -0.05) is 17.7 Å². The van der Waals surface area contributed by atoms with Crippen LogP contribution in [0.3, 0.4) is 0 Å². The first-order chi connectivity index (χ1) is 13.6. The van der Waals surface area contributed by atoms with E-state index in [9.17, 15) is 22.8 Å². The van der Waals surface area contributed by atoms with Crippen molar-refractivity contribution in [2.24, 2.45) is 0 Å². The molecule has 0 aliphatic carbocycles. The molecule has 6 nitrogen and oxygen atoms in total. The van der Waals surface area contributed by atoms with E-state index >= 15 is 0 Å². The number of halogens is 4. The van der Waals surface area contributed by atoms with Gasteiger partial charge >= 0.3 is 6.18 Å². The Morgan fingerprint density at radius 3 is 2.21 bits per heavy atom. The summed E-state index contributed by atoms with van der Waals surface area (Å²) in [6.45, 7) is -0.367. The van der Waals surface area contributed by atoms with Crippen LogP contribution in [0.2, 0.25) is 5.02 Å². The van der Waals surface area contributed by atoms with Crippen molar-refractivity contribution in [2.45, 2.75) is 6.18 Å². The molecule has 0 saturated heterocycles. The molecule has 2 aromatic carbocycles. The summed E-state index contributed by atoms with van der Waals surface area (Å²) in [6.07, 6.45) is -4.64. The van der Waals surface area contributed by atoms with Crippen molar-refractivity contribution in [3.05, 3.63) is 58.6 Å². The van der Waals surface area contributed by atoms with Gasteiger partial charge in [0, 0.05) is 11.4 Å². The summed E-state index contributed by atoms with van der Waals surface area (Å²) in [5.41, 5.74) is -0.285. The van der Waals surface area contributed by atoms with Crippen LogP contribution >= 0.6 is 11.6 Å². The molecule has 2 amide bonds. The Balaban J connectivity index is 1.90. The molecule has 0 aliphatic heterocycles. The second kappa shape index (κ2) is 9.41. The molecule has 2 N–H and O–H groups in total. The largest absolute Gasteiger partial charge is 0.417 e. The van der Waals surface area contributed by atoms with Crippen LogP contribution in [0.5, 0.6) is 0 Å². The Labute approximate surface area is 169 Å². The van der Waals surface area contributed by atoms with Gasteiger partial charge in [0.25, 0.3) is 0 Å². The van der Waals surface area contributed by atoms with E-state index in [0.29, 0.717) is 11.3 Å². The number of likely N-dealkylation sites (N-methyl/N-ethyl adjacent to an activating group) is 1. The molecule has 0 bridgehead atoms. The number of amides is 2. The summed E-state index contributed by atoms with van der Waals surface area (Å²) < 4.78 is 38.6. The van der Waals surface area contributed by atoms with Gasteiger partial charge in [0.05, 0.1) is 35.3 Å². The predicted molar refractivity (Wildman–Crippen MR) is 102 cm³/mol. The van der Waals surface area contributed by atoms with Gasteiger partial charge in [-0.05, 0) is 43.4 Å². The van der Waals surface area contributed by atoms with Gasteiger partial charge in [0.15, 0.2) is 0 Å². The highest BCUT2D eigenvalue weighted by molar-refractivity contribution is 6.31. The average molecular weight is 425 g/mol. The van der Waals surface area contributed by atoms with Gasteiger partial charge < -0.3 is 10.6 Å². The van der Waals surface area contributed by atoms with Gasteiger partial charge in [-0.3, -0.25) is 14.5 Å². The van der Waals surface area contributed by atoms with Crippen molar-refractivity contribution < 1.29 is 22.8 Å². The molecular formula is C19H16ClF3N4O2. The smallest absolute Gasteiger partial charge is 0.325 e. The second-order valence-electron chi connectivity index (χ2n) is 6.15. The molecule has 10 heteroatoms. The third-order valence-electron chi connectivity index (χ3n) is 3.66. The maximum absolute atomic E-state index is 12.9. The molecule has 0 fully saturated rings. The molecular weight excluding hydrogens is 409 g/mol. The summed E-state index contributed by atoms with van der Waals surface area (Å²) in [6, 6.07) is 11.3. The minimum atomic E-state index is -4.64. The van der Waals surface area contributed by atoms with E-state index < -0.39 is 28.6 Å². The molecule has 0 unspecified atom stereocenters. The molecule has 0 saturated carbocycles. The van der Waals surface area contributed by atoms with Gasteiger partial charge in [-0.2, -0.15) is 18.4 Å². The van der Waals surface area contributed by atoms with E-state index in [0.717, 1.165) is 12.1 Å². The molecule has 0 radical (unpaired) electrons. The lowest BCUT2D eigenvalue weighted by Crippen LogP contribution is -2.36. The molecule has 152 valence electrons. The van der Waals surface area contributed by atoms with Crippen LogP contribution < -0.4 is 10.6 Å². The van der Waals surface area contributed by atoms with Crippen molar-refractivity contribution in [3.63, 3.8) is 0 Å². The molecule has 0 spiro atoms. The third kappa shape index (κ3) is 6.78. The molecule has 0 aliphatic rings. The summed E-state index contributed by atoms with van der Waals surface area (Å²) >= 11 is 5.54. The lowest BCUT2D eigenvalue weighted by Gasteiger charge is -2.17. The van der Waals surface area contributed by atoms with E-state index in [1.165, 1.54) is 24.1 Å². The SMILES string of the molecule is CN(CC(=O)Nc1cccc(C#N)c1)CC(=O)Nc1ccc(Cl)c(C(F)(F)F)c1. The Morgan fingerprint density at radius 2 is 1.66 bits per heavy atom. The number of carbonyl (C=O) groups excluding carboxylic acids is 2. The van der Waals surface area contributed by atoms with Crippen LogP contribution in [-0.4, -0.2) is 36.9 Å². The first-order valence-electron chi connectivity index (χ1n) is 8.23. The van der Waals surface area contributed by atoms with Crippen LogP contribution in [-0.2, 0) is 15.8 Å². The number of rotatable bonds is 6. The number of hydrogen-bond donors (Lipinski definition) is 2. The van der Waals surface area contributed by atoms with Crippen molar-refractivity contribution in [2.75, 3.05) is 30.8 Å². The van der Waals surface area contributed by atoms with E-state index in [4.69, 9.17) is 16.9 Å². The Morgan fingerprint density at radius 1 is 1.07 bits per heavy atom. The van der Waals surface area contributed by atoms with Gasteiger partial charge in [0.2, 0.25) is 11.8 Å². The third-order valence-corrected chi connectivity index (χ3v) is 3.99. The molecule has 0 atom stereocenters. The number of carbonyl (C=O) groups is 2. The number of anilines is 2. The quantitative estimate of drug-likeness (QED) is 0.739. The Kier molecular flexibility index (Phi) is 7.20. The van der Waals surface area contributed by atoms with Crippen LogP contribution in [0.1, 0.15) is 11.1 Å². The number of hydrogen-bond acceptors (Lipinski definition) is 4. The number of nitrogens with one attached hydrogen (secondary N) is 2. The first-order valence-corrected chi connectivity index (χ1v) is 8.61. The highest BCUT2D eigenvalue weighted by Gasteiger charge is 2.33. The second-order valence-corrected chi connectivity index (χ2v) is 6.56. The number of nitrogens with zero attached hydrogens (tertiary/aromatic N) is 2. The summed E-state index contributed by atoms with van der Waals surface area (Å²) in [7, 11) is 1.51. The molecule has 29 heavy (non-hydrogen) atoms. The monoisotopic (exact) mass is 424 g/mol. The van der Waals surface area contributed by atoms with Crippen LogP contribution in [0, 0.1) is 11.3 Å². The van der Waals surface area contributed by atoms with Crippen LogP contribution in [0.25, 0.3) is 0 Å². The Hall–Kier alpha value is -3.09. The fourth-order valence-corrected chi connectivity index (χ4v) is 2.66. The van der Waals surface area contributed by atoms with Gasteiger partial charge in [-0.15, -0.1) is 0 Å². The van der Waals surface area contributed by atoms with Crippen LogP contribution in [0.15, 0.2) is 42.5 Å². The lowest BCUT2D eigenvalue weighted by atomic mass is 10.2. The molecule has 0 heterocycles. The number of nitriles is 1. The molecule has 2 rings (SSSR count).